The first-order valence-electron chi connectivity index (χ1n) is 11.1. The van der Waals surface area contributed by atoms with E-state index in [4.69, 9.17) is 10.8 Å². The summed E-state index contributed by atoms with van der Waals surface area (Å²) < 4.78 is 0. The summed E-state index contributed by atoms with van der Waals surface area (Å²) in [6.45, 7) is 3.44. The molecule has 0 aliphatic rings. The van der Waals surface area contributed by atoms with E-state index in [1.807, 2.05) is 12.5 Å². The number of hydrogen-bond donors (Lipinski definition) is 6. The van der Waals surface area contributed by atoms with Crippen molar-refractivity contribution in [2.45, 2.75) is 70.1 Å². The second-order valence-corrected chi connectivity index (χ2v) is 9.91. The Kier molecular flexibility index (Phi) is 16.4. The summed E-state index contributed by atoms with van der Waals surface area (Å²) >= 11 is 3.00. The van der Waals surface area contributed by atoms with Gasteiger partial charge in [-0.05, 0) is 49.2 Å². The fourth-order valence-corrected chi connectivity index (χ4v) is 3.87. The Hall–Kier alpha value is -1.99. The van der Waals surface area contributed by atoms with Crippen molar-refractivity contribution in [2.24, 2.45) is 11.7 Å². The van der Waals surface area contributed by atoms with Gasteiger partial charge in [-0.3, -0.25) is 19.2 Å². The molecule has 0 bridgehead atoms. The van der Waals surface area contributed by atoms with Crippen molar-refractivity contribution in [2.75, 3.05) is 24.0 Å². The van der Waals surface area contributed by atoms with Crippen LogP contribution in [-0.2, 0) is 24.0 Å². The van der Waals surface area contributed by atoms with Crippen molar-refractivity contribution < 1.29 is 34.2 Å². The average molecular weight is 523 g/mol. The fraction of sp³-hybridized carbons (Fsp3) is 0.762. The molecule has 0 fully saturated rings. The number of nitrogens with one attached hydrogen (secondary N) is 3. The Morgan fingerprint density at radius 1 is 0.824 bits per heavy atom. The van der Waals surface area contributed by atoms with Gasteiger partial charge in [0.05, 0.1) is 6.04 Å². The van der Waals surface area contributed by atoms with Gasteiger partial charge in [0.25, 0.3) is 0 Å². The molecule has 0 aromatic carbocycles. The van der Waals surface area contributed by atoms with Crippen molar-refractivity contribution in [3.05, 3.63) is 0 Å². The topological polar surface area (TPSA) is 188 Å². The maximum absolute atomic E-state index is 13.0. The van der Waals surface area contributed by atoms with E-state index in [0.29, 0.717) is 24.3 Å². The number of rotatable bonds is 18. The van der Waals surface area contributed by atoms with Gasteiger partial charge >= 0.3 is 11.9 Å². The number of thioether (sulfide) groups is 2. The zero-order chi connectivity index (χ0) is 26.3. The smallest absolute Gasteiger partial charge is 0.326 e. The lowest BCUT2D eigenvalue weighted by Gasteiger charge is -2.26. The van der Waals surface area contributed by atoms with Crippen LogP contribution in [0.3, 0.4) is 0 Å². The van der Waals surface area contributed by atoms with E-state index in [0.717, 1.165) is 0 Å². The quantitative estimate of drug-likeness (QED) is 0.146. The van der Waals surface area contributed by atoms with E-state index in [1.54, 1.807) is 13.8 Å². The molecule has 0 aliphatic heterocycles. The van der Waals surface area contributed by atoms with Crippen LogP contribution >= 0.6 is 23.5 Å². The summed E-state index contributed by atoms with van der Waals surface area (Å²) in [5, 5.41) is 26.0. The minimum Gasteiger partial charge on any atom is -0.481 e. The molecule has 7 N–H and O–H groups in total. The van der Waals surface area contributed by atoms with Crippen LogP contribution in [-0.4, -0.2) is 88.1 Å². The van der Waals surface area contributed by atoms with Crippen LogP contribution in [0.25, 0.3) is 0 Å². The summed E-state index contributed by atoms with van der Waals surface area (Å²) in [4.78, 5) is 60.9. The lowest BCUT2D eigenvalue weighted by molar-refractivity contribution is -0.144. The number of nitrogens with two attached hydrogens (primary N) is 1. The van der Waals surface area contributed by atoms with Crippen molar-refractivity contribution in [3.63, 3.8) is 0 Å². The normalized spacial score (nSPS) is 15.3. The van der Waals surface area contributed by atoms with Crippen LogP contribution in [0.4, 0.5) is 0 Å². The second kappa shape index (κ2) is 17.4. The maximum Gasteiger partial charge on any atom is 0.326 e. The Labute approximate surface area is 209 Å². The Morgan fingerprint density at radius 2 is 1.32 bits per heavy atom. The highest BCUT2D eigenvalue weighted by Gasteiger charge is 2.32. The third-order valence-corrected chi connectivity index (χ3v) is 6.56. The SMILES string of the molecule is CCC(C)C(NC(=O)C(CCC(=O)O)NC(=O)C(CCSC)NC(=O)C(N)CCSC)C(=O)O. The number of carboxylic acids is 2. The van der Waals surface area contributed by atoms with Crippen molar-refractivity contribution in [3.8, 4) is 0 Å². The predicted octanol–water partition coefficient (Wildman–Crippen LogP) is 0.270. The summed E-state index contributed by atoms with van der Waals surface area (Å²) in [6, 6.07) is -4.25. The van der Waals surface area contributed by atoms with E-state index in [-0.39, 0.29) is 18.8 Å². The van der Waals surface area contributed by atoms with Crippen molar-refractivity contribution in [1.29, 1.82) is 0 Å². The number of carboxylic acid groups (broad SMARTS) is 2. The van der Waals surface area contributed by atoms with Crippen LogP contribution in [0.15, 0.2) is 0 Å². The van der Waals surface area contributed by atoms with E-state index in [1.165, 1.54) is 23.5 Å². The van der Waals surface area contributed by atoms with Crippen LogP contribution < -0.4 is 21.7 Å². The van der Waals surface area contributed by atoms with E-state index in [2.05, 4.69) is 16.0 Å². The molecule has 5 unspecified atom stereocenters. The maximum atomic E-state index is 13.0. The molecule has 5 atom stereocenters. The number of amides is 3. The molecule has 0 aliphatic carbocycles. The minimum absolute atomic E-state index is 0.240. The largest absolute Gasteiger partial charge is 0.481 e. The molecule has 0 aromatic rings. The summed E-state index contributed by atoms with van der Waals surface area (Å²) in [7, 11) is 0. The van der Waals surface area contributed by atoms with Gasteiger partial charge in [-0.1, -0.05) is 20.3 Å². The van der Waals surface area contributed by atoms with Gasteiger partial charge in [0.15, 0.2) is 0 Å². The summed E-state index contributed by atoms with van der Waals surface area (Å²) in [5.41, 5.74) is 5.89. The van der Waals surface area contributed by atoms with E-state index < -0.39 is 60.2 Å². The van der Waals surface area contributed by atoms with Gasteiger partial charge in [0, 0.05) is 6.42 Å². The first-order chi connectivity index (χ1) is 16.0. The van der Waals surface area contributed by atoms with Crippen LogP contribution in [0.1, 0.15) is 46.0 Å². The number of carbonyl (C=O) groups is 5. The minimum atomic E-state index is -1.28. The lowest BCUT2D eigenvalue weighted by Crippen LogP contribution is -2.57. The Morgan fingerprint density at radius 3 is 1.82 bits per heavy atom. The van der Waals surface area contributed by atoms with Crippen LogP contribution in [0.2, 0.25) is 0 Å². The summed E-state index contributed by atoms with van der Waals surface area (Å²) in [5.74, 6) is -3.52. The summed E-state index contributed by atoms with van der Waals surface area (Å²) in [6.07, 6.45) is 4.26. The molecule has 11 nitrogen and oxygen atoms in total. The first kappa shape index (κ1) is 32.0. The molecule has 0 heterocycles. The van der Waals surface area contributed by atoms with Gasteiger partial charge in [-0.2, -0.15) is 23.5 Å². The van der Waals surface area contributed by atoms with E-state index >= 15 is 0 Å². The van der Waals surface area contributed by atoms with Crippen LogP contribution in [0, 0.1) is 5.92 Å². The number of aliphatic carboxylic acids is 2. The Bertz CT molecular complexity index is 696. The monoisotopic (exact) mass is 522 g/mol. The molecule has 3 amide bonds. The Balaban J connectivity index is 5.53. The standard InChI is InChI=1S/C21H38N4O7S2/c1-5-12(2)17(21(31)32)25-20(30)14(6-7-16(26)27)24-19(29)15(9-11-34-4)23-18(28)13(22)8-10-33-3/h12-15,17H,5-11,22H2,1-4H3,(H,23,28)(H,24,29)(H,25,30)(H,26,27)(H,31,32). The zero-order valence-electron chi connectivity index (χ0n) is 20.2. The predicted molar refractivity (Wildman–Crippen MR) is 134 cm³/mol. The highest BCUT2D eigenvalue weighted by molar-refractivity contribution is 7.98. The zero-order valence-corrected chi connectivity index (χ0v) is 21.8. The highest BCUT2D eigenvalue weighted by atomic mass is 32.2. The van der Waals surface area contributed by atoms with Crippen molar-refractivity contribution in [1.82, 2.24) is 16.0 Å². The molecular weight excluding hydrogens is 484 g/mol. The fourth-order valence-electron chi connectivity index (χ4n) is 2.91. The third-order valence-electron chi connectivity index (χ3n) is 5.27. The van der Waals surface area contributed by atoms with Gasteiger partial charge in [0.2, 0.25) is 17.7 Å². The van der Waals surface area contributed by atoms with Gasteiger partial charge < -0.3 is 31.9 Å². The molecule has 34 heavy (non-hydrogen) atoms. The molecule has 13 heteroatoms. The molecule has 0 radical (unpaired) electrons. The van der Waals surface area contributed by atoms with E-state index in [9.17, 15) is 29.1 Å². The average Bonchev–Trinajstić information content (AvgIpc) is 2.79. The molecule has 0 saturated carbocycles. The molecular formula is C21H38N4O7S2. The molecule has 0 saturated heterocycles. The molecule has 0 aromatic heterocycles. The highest BCUT2D eigenvalue weighted by Crippen LogP contribution is 2.10. The molecule has 0 spiro atoms. The second-order valence-electron chi connectivity index (χ2n) is 7.93. The lowest BCUT2D eigenvalue weighted by atomic mass is 9.98. The first-order valence-corrected chi connectivity index (χ1v) is 13.9. The van der Waals surface area contributed by atoms with Crippen LogP contribution in [0.5, 0.6) is 0 Å². The molecule has 0 rings (SSSR count). The van der Waals surface area contributed by atoms with Gasteiger partial charge in [0.1, 0.15) is 18.1 Å². The number of carbonyl (C=O) groups excluding carboxylic acids is 3. The molecule has 196 valence electrons. The third kappa shape index (κ3) is 12.5. The van der Waals surface area contributed by atoms with Gasteiger partial charge in [-0.25, -0.2) is 4.79 Å². The number of hydrogen-bond acceptors (Lipinski definition) is 8. The van der Waals surface area contributed by atoms with Crippen molar-refractivity contribution >= 4 is 53.2 Å². The van der Waals surface area contributed by atoms with Gasteiger partial charge in [-0.15, -0.1) is 0 Å².